The van der Waals surface area contributed by atoms with Crippen molar-refractivity contribution in [1.29, 1.82) is 0 Å². The molecule has 4 nitrogen and oxygen atoms in total. The molecule has 0 saturated heterocycles. The summed E-state index contributed by atoms with van der Waals surface area (Å²) in [7, 11) is 0. The van der Waals surface area contributed by atoms with Crippen LogP contribution in [0.2, 0.25) is 0 Å². The van der Waals surface area contributed by atoms with Gasteiger partial charge in [-0.15, -0.1) is 0 Å². The highest BCUT2D eigenvalue weighted by Crippen LogP contribution is 2.17. The zero-order valence-electron chi connectivity index (χ0n) is 12.4. The second-order valence-electron chi connectivity index (χ2n) is 5.29. The van der Waals surface area contributed by atoms with Crippen LogP contribution in [0.4, 0.5) is 0 Å². The standard InChI is InChI=1S/C15H22N4/c1-10(2)17-9-14-12(4)18-19(13(14)5)15-8-11(3)6-7-16-15/h6-8,10,17H,9H2,1-5H3. The van der Waals surface area contributed by atoms with E-state index >= 15 is 0 Å². The monoisotopic (exact) mass is 258 g/mol. The summed E-state index contributed by atoms with van der Waals surface area (Å²) in [6.45, 7) is 11.4. The van der Waals surface area contributed by atoms with Gasteiger partial charge in [0, 0.05) is 30.0 Å². The minimum absolute atomic E-state index is 0.472. The Balaban J connectivity index is 2.35. The fourth-order valence-electron chi connectivity index (χ4n) is 2.10. The van der Waals surface area contributed by atoms with Crippen LogP contribution in [0.5, 0.6) is 0 Å². The van der Waals surface area contributed by atoms with Gasteiger partial charge in [0.15, 0.2) is 5.82 Å². The number of pyridine rings is 1. The maximum atomic E-state index is 4.61. The molecule has 0 spiro atoms. The van der Waals surface area contributed by atoms with Crippen molar-refractivity contribution in [3.63, 3.8) is 0 Å². The summed E-state index contributed by atoms with van der Waals surface area (Å²) < 4.78 is 1.93. The molecule has 0 aliphatic carbocycles. The van der Waals surface area contributed by atoms with Gasteiger partial charge in [-0.05, 0) is 38.5 Å². The van der Waals surface area contributed by atoms with E-state index in [1.165, 1.54) is 11.1 Å². The zero-order chi connectivity index (χ0) is 14.0. The highest BCUT2D eigenvalue weighted by atomic mass is 15.3. The largest absolute Gasteiger partial charge is 0.310 e. The highest BCUT2D eigenvalue weighted by molar-refractivity contribution is 5.34. The summed E-state index contributed by atoms with van der Waals surface area (Å²) in [6.07, 6.45) is 1.83. The first-order valence-corrected chi connectivity index (χ1v) is 6.70. The van der Waals surface area contributed by atoms with Gasteiger partial charge in [-0.3, -0.25) is 0 Å². The molecule has 0 fully saturated rings. The third-order valence-electron chi connectivity index (χ3n) is 3.25. The lowest BCUT2D eigenvalue weighted by atomic mass is 10.2. The van der Waals surface area contributed by atoms with E-state index in [1.54, 1.807) is 0 Å². The summed E-state index contributed by atoms with van der Waals surface area (Å²) in [5, 5.41) is 8.06. The van der Waals surface area contributed by atoms with E-state index in [2.05, 4.69) is 56.1 Å². The van der Waals surface area contributed by atoms with Crippen LogP contribution >= 0.6 is 0 Å². The van der Waals surface area contributed by atoms with Crippen LogP contribution in [0.3, 0.4) is 0 Å². The van der Waals surface area contributed by atoms with Crippen molar-refractivity contribution >= 4 is 0 Å². The molecular weight excluding hydrogens is 236 g/mol. The van der Waals surface area contributed by atoms with Gasteiger partial charge < -0.3 is 5.32 Å². The number of aryl methyl sites for hydroxylation is 2. The molecule has 4 heteroatoms. The minimum atomic E-state index is 0.472. The fraction of sp³-hybridized carbons (Fsp3) is 0.467. The van der Waals surface area contributed by atoms with E-state index in [-0.39, 0.29) is 0 Å². The molecule has 2 rings (SSSR count). The molecule has 1 N–H and O–H groups in total. The Morgan fingerprint density at radius 2 is 2.00 bits per heavy atom. The molecule has 0 amide bonds. The van der Waals surface area contributed by atoms with Gasteiger partial charge in [0.05, 0.1) is 5.69 Å². The lowest BCUT2D eigenvalue weighted by Gasteiger charge is -2.09. The second kappa shape index (κ2) is 5.53. The van der Waals surface area contributed by atoms with Crippen LogP contribution in [0.15, 0.2) is 18.3 Å². The van der Waals surface area contributed by atoms with Crippen molar-refractivity contribution in [2.75, 3.05) is 0 Å². The van der Waals surface area contributed by atoms with E-state index < -0.39 is 0 Å². The molecule has 0 aliphatic heterocycles. The van der Waals surface area contributed by atoms with E-state index in [1.807, 2.05) is 16.9 Å². The first-order chi connectivity index (χ1) is 8.99. The average molecular weight is 258 g/mol. The Kier molecular flexibility index (Phi) is 4.00. The van der Waals surface area contributed by atoms with Crippen molar-refractivity contribution in [1.82, 2.24) is 20.1 Å². The molecule has 0 atom stereocenters. The number of hydrogen-bond acceptors (Lipinski definition) is 3. The molecule has 102 valence electrons. The zero-order valence-corrected chi connectivity index (χ0v) is 12.4. The molecular formula is C15H22N4. The predicted octanol–water partition coefficient (Wildman–Crippen LogP) is 2.69. The Morgan fingerprint density at radius 1 is 1.26 bits per heavy atom. The molecule has 0 aromatic carbocycles. The third-order valence-corrected chi connectivity index (χ3v) is 3.25. The van der Waals surface area contributed by atoms with Crippen molar-refractivity contribution in [2.45, 2.75) is 47.2 Å². The Labute approximate surface area is 114 Å². The first kappa shape index (κ1) is 13.7. The van der Waals surface area contributed by atoms with Gasteiger partial charge in [-0.25, -0.2) is 9.67 Å². The molecule has 0 aliphatic rings. The number of rotatable bonds is 4. The summed E-state index contributed by atoms with van der Waals surface area (Å²) in [5.41, 5.74) is 4.68. The number of nitrogens with zero attached hydrogens (tertiary/aromatic N) is 3. The number of aromatic nitrogens is 3. The van der Waals surface area contributed by atoms with Crippen LogP contribution in [0.1, 0.15) is 36.4 Å². The molecule has 0 radical (unpaired) electrons. The Bertz CT molecular complexity index is 570. The fourth-order valence-corrected chi connectivity index (χ4v) is 2.10. The molecule has 0 saturated carbocycles. The van der Waals surface area contributed by atoms with Gasteiger partial charge in [-0.1, -0.05) is 13.8 Å². The van der Waals surface area contributed by atoms with Crippen molar-refractivity contribution in [3.8, 4) is 5.82 Å². The van der Waals surface area contributed by atoms with E-state index in [0.717, 1.165) is 23.8 Å². The highest BCUT2D eigenvalue weighted by Gasteiger charge is 2.13. The number of hydrogen-bond donors (Lipinski definition) is 1. The van der Waals surface area contributed by atoms with Crippen molar-refractivity contribution < 1.29 is 0 Å². The Morgan fingerprint density at radius 3 is 2.63 bits per heavy atom. The molecule has 2 heterocycles. The van der Waals surface area contributed by atoms with Crippen molar-refractivity contribution in [3.05, 3.63) is 40.8 Å². The van der Waals surface area contributed by atoms with E-state index in [0.29, 0.717) is 6.04 Å². The molecule has 2 aromatic rings. The molecule has 2 aromatic heterocycles. The maximum Gasteiger partial charge on any atom is 0.153 e. The lowest BCUT2D eigenvalue weighted by Crippen LogP contribution is -2.22. The van der Waals surface area contributed by atoms with Crippen LogP contribution in [0.25, 0.3) is 5.82 Å². The maximum absolute atomic E-state index is 4.61. The smallest absolute Gasteiger partial charge is 0.153 e. The first-order valence-electron chi connectivity index (χ1n) is 6.70. The van der Waals surface area contributed by atoms with Gasteiger partial charge in [0.1, 0.15) is 0 Å². The Hall–Kier alpha value is -1.68. The SMILES string of the molecule is Cc1ccnc(-n2nc(C)c(CNC(C)C)c2C)c1. The summed E-state index contributed by atoms with van der Waals surface area (Å²) >= 11 is 0. The average Bonchev–Trinajstić information content (AvgIpc) is 2.62. The van der Waals surface area contributed by atoms with Crippen LogP contribution < -0.4 is 5.32 Å². The van der Waals surface area contributed by atoms with Gasteiger partial charge >= 0.3 is 0 Å². The van der Waals surface area contributed by atoms with Crippen molar-refractivity contribution in [2.24, 2.45) is 0 Å². The van der Waals surface area contributed by atoms with E-state index in [4.69, 9.17) is 0 Å². The molecule has 19 heavy (non-hydrogen) atoms. The lowest BCUT2D eigenvalue weighted by molar-refractivity contribution is 0.586. The third kappa shape index (κ3) is 3.01. The summed E-state index contributed by atoms with van der Waals surface area (Å²) in [4.78, 5) is 4.40. The number of nitrogens with one attached hydrogen (secondary N) is 1. The van der Waals surface area contributed by atoms with Crippen LogP contribution in [-0.2, 0) is 6.54 Å². The second-order valence-corrected chi connectivity index (χ2v) is 5.29. The summed E-state index contributed by atoms with van der Waals surface area (Å²) in [5.74, 6) is 0.886. The molecule has 0 bridgehead atoms. The summed E-state index contributed by atoms with van der Waals surface area (Å²) in [6, 6.07) is 4.52. The van der Waals surface area contributed by atoms with Crippen LogP contribution in [0, 0.1) is 20.8 Å². The predicted molar refractivity (Wildman–Crippen MR) is 77.5 cm³/mol. The quantitative estimate of drug-likeness (QED) is 0.917. The topological polar surface area (TPSA) is 42.7 Å². The minimum Gasteiger partial charge on any atom is -0.310 e. The normalized spacial score (nSPS) is 11.3. The van der Waals surface area contributed by atoms with Gasteiger partial charge in [0.25, 0.3) is 0 Å². The van der Waals surface area contributed by atoms with E-state index in [9.17, 15) is 0 Å². The van der Waals surface area contributed by atoms with Crippen LogP contribution in [-0.4, -0.2) is 20.8 Å². The molecule has 0 unspecified atom stereocenters. The van der Waals surface area contributed by atoms with Gasteiger partial charge in [0.2, 0.25) is 0 Å². The van der Waals surface area contributed by atoms with Gasteiger partial charge in [-0.2, -0.15) is 5.10 Å².